The predicted octanol–water partition coefficient (Wildman–Crippen LogP) is 3.40. The van der Waals surface area contributed by atoms with Crippen LogP contribution in [-0.4, -0.2) is 50.5 Å². The number of anilines is 1. The molecule has 8 heteroatoms. The Hall–Kier alpha value is -2.87. The van der Waals surface area contributed by atoms with Crippen LogP contribution >= 0.6 is 0 Å². The van der Waals surface area contributed by atoms with Crippen LogP contribution in [0.5, 0.6) is 0 Å². The van der Waals surface area contributed by atoms with Crippen molar-refractivity contribution in [2.45, 2.75) is 53.1 Å². The number of hydrogen-bond acceptors (Lipinski definition) is 4. The molecule has 0 aliphatic rings. The Bertz CT molecular complexity index is 1030. The summed E-state index contributed by atoms with van der Waals surface area (Å²) >= 11 is 0. The number of nitrogens with zero attached hydrogens (tertiary/aromatic N) is 2. The first kappa shape index (κ1) is 26.4. The molecule has 0 bridgehead atoms. The highest BCUT2D eigenvalue weighted by molar-refractivity contribution is 7.92. The van der Waals surface area contributed by atoms with E-state index in [2.05, 4.69) is 5.32 Å². The first-order chi connectivity index (χ1) is 15.6. The zero-order valence-corrected chi connectivity index (χ0v) is 21.0. The predicted molar refractivity (Wildman–Crippen MR) is 132 cm³/mol. The molecule has 1 atom stereocenters. The molecule has 0 aliphatic carbocycles. The summed E-state index contributed by atoms with van der Waals surface area (Å²) in [6.07, 6.45) is 2.88. The minimum atomic E-state index is -3.74. The van der Waals surface area contributed by atoms with Crippen LogP contribution in [0.4, 0.5) is 5.69 Å². The maximum atomic E-state index is 13.5. The van der Waals surface area contributed by atoms with Crippen molar-refractivity contribution in [1.29, 1.82) is 0 Å². The van der Waals surface area contributed by atoms with Crippen molar-refractivity contribution in [3.05, 3.63) is 65.2 Å². The molecule has 7 nitrogen and oxygen atoms in total. The monoisotopic (exact) mass is 473 g/mol. The lowest BCUT2D eigenvalue weighted by Crippen LogP contribution is -2.51. The molecule has 0 saturated carbocycles. The minimum absolute atomic E-state index is 0.201. The highest BCUT2D eigenvalue weighted by Crippen LogP contribution is 2.27. The number of carbonyl (C=O) groups excluding carboxylic acids is 2. The summed E-state index contributed by atoms with van der Waals surface area (Å²) in [5.41, 5.74) is 2.87. The maximum Gasteiger partial charge on any atom is 0.244 e. The molecule has 0 saturated heterocycles. The van der Waals surface area contributed by atoms with E-state index in [1.807, 2.05) is 69.3 Å². The number of carbonyl (C=O) groups is 2. The fourth-order valence-electron chi connectivity index (χ4n) is 3.67. The molecule has 1 unspecified atom stereocenters. The van der Waals surface area contributed by atoms with E-state index in [1.54, 1.807) is 6.92 Å². The van der Waals surface area contributed by atoms with E-state index in [-0.39, 0.29) is 19.0 Å². The van der Waals surface area contributed by atoms with Crippen LogP contribution in [0.3, 0.4) is 0 Å². The Morgan fingerprint density at radius 1 is 1.00 bits per heavy atom. The SMILES string of the molecule is CCCCNC(=O)C(C)N(Cc1ccccc1)C(=O)CN(c1c(C)cccc1C)S(C)(=O)=O. The molecule has 2 rings (SSSR count). The summed E-state index contributed by atoms with van der Waals surface area (Å²) < 4.78 is 26.6. The topological polar surface area (TPSA) is 86.8 Å². The van der Waals surface area contributed by atoms with Gasteiger partial charge in [0.2, 0.25) is 21.8 Å². The number of sulfonamides is 1. The van der Waals surface area contributed by atoms with Crippen molar-refractivity contribution in [1.82, 2.24) is 10.2 Å². The van der Waals surface area contributed by atoms with Crippen molar-refractivity contribution >= 4 is 27.5 Å². The van der Waals surface area contributed by atoms with Crippen LogP contribution in [0, 0.1) is 13.8 Å². The van der Waals surface area contributed by atoms with E-state index >= 15 is 0 Å². The molecular weight excluding hydrogens is 438 g/mol. The van der Waals surface area contributed by atoms with Crippen LogP contribution in [0.1, 0.15) is 43.4 Å². The average molecular weight is 474 g/mol. The molecule has 2 amide bonds. The van der Waals surface area contributed by atoms with Crippen LogP contribution in [-0.2, 0) is 26.2 Å². The van der Waals surface area contributed by atoms with Crippen LogP contribution < -0.4 is 9.62 Å². The largest absolute Gasteiger partial charge is 0.354 e. The third-order valence-corrected chi connectivity index (χ3v) is 6.67. The zero-order valence-electron chi connectivity index (χ0n) is 20.2. The number of unbranched alkanes of at least 4 members (excludes halogenated alkanes) is 1. The van der Waals surface area contributed by atoms with E-state index < -0.39 is 22.0 Å². The van der Waals surface area contributed by atoms with Crippen LogP contribution in [0.15, 0.2) is 48.5 Å². The second-order valence-corrected chi connectivity index (χ2v) is 10.2. The van der Waals surface area contributed by atoms with Gasteiger partial charge in [-0.25, -0.2) is 8.42 Å². The van der Waals surface area contributed by atoms with Crippen LogP contribution in [0.2, 0.25) is 0 Å². The summed E-state index contributed by atoms with van der Waals surface area (Å²) in [6.45, 7) is 7.69. The summed E-state index contributed by atoms with van der Waals surface area (Å²) in [5, 5.41) is 2.87. The highest BCUT2D eigenvalue weighted by atomic mass is 32.2. The van der Waals surface area contributed by atoms with E-state index in [0.717, 1.165) is 40.1 Å². The summed E-state index contributed by atoms with van der Waals surface area (Å²) in [5.74, 6) is -0.698. The third kappa shape index (κ3) is 7.32. The van der Waals surface area contributed by atoms with Gasteiger partial charge >= 0.3 is 0 Å². The van der Waals surface area contributed by atoms with Gasteiger partial charge in [-0.05, 0) is 43.9 Å². The number of aryl methyl sites for hydroxylation is 2. The van der Waals surface area contributed by atoms with Gasteiger partial charge in [-0.3, -0.25) is 13.9 Å². The van der Waals surface area contributed by atoms with Crippen molar-refractivity contribution in [2.24, 2.45) is 0 Å². The Morgan fingerprint density at radius 3 is 2.15 bits per heavy atom. The number of hydrogen-bond donors (Lipinski definition) is 1. The maximum absolute atomic E-state index is 13.5. The molecule has 0 fully saturated rings. The van der Waals surface area contributed by atoms with Gasteiger partial charge in [0.25, 0.3) is 0 Å². The highest BCUT2D eigenvalue weighted by Gasteiger charge is 2.30. The normalized spacial score (nSPS) is 12.2. The smallest absolute Gasteiger partial charge is 0.244 e. The van der Waals surface area contributed by atoms with Gasteiger partial charge in [0, 0.05) is 13.1 Å². The molecule has 2 aromatic carbocycles. The van der Waals surface area contributed by atoms with E-state index in [4.69, 9.17) is 0 Å². The summed E-state index contributed by atoms with van der Waals surface area (Å²) in [6, 6.07) is 14.1. The van der Waals surface area contributed by atoms with Crippen molar-refractivity contribution < 1.29 is 18.0 Å². The van der Waals surface area contributed by atoms with Crippen molar-refractivity contribution in [3.8, 4) is 0 Å². The van der Waals surface area contributed by atoms with E-state index in [9.17, 15) is 18.0 Å². The van der Waals surface area contributed by atoms with Gasteiger partial charge in [0.05, 0.1) is 11.9 Å². The lowest BCUT2D eigenvalue weighted by atomic mass is 10.1. The molecule has 0 radical (unpaired) electrons. The minimum Gasteiger partial charge on any atom is -0.354 e. The third-order valence-electron chi connectivity index (χ3n) is 5.56. The fourth-order valence-corrected chi connectivity index (χ4v) is 4.64. The molecule has 0 aliphatic heterocycles. The quantitative estimate of drug-likeness (QED) is 0.507. The average Bonchev–Trinajstić information content (AvgIpc) is 2.76. The van der Waals surface area contributed by atoms with Crippen molar-refractivity contribution in [3.63, 3.8) is 0 Å². The number of nitrogens with one attached hydrogen (secondary N) is 1. The Labute approximate surface area is 197 Å². The van der Waals surface area contributed by atoms with Gasteiger partial charge in [-0.2, -0.15) is 0 Å². The second-order valence-electron chi connectivity index (χ2n) is 8.34. The summed E-state index contributed by atoms with van der Waals surface area (Å²) in [7, 11) is -3.74. The Morgan fingerprint density at radius 2 is 1.61 bits per heavy atom. The first-order valence-electron chi connectivity index (χ1n) is 11.2. The number of rotatable bonds is 11. The molecule has 33 heavy (non-hydrogen) atoms. The van der Waals surface area contributed by atoms with Crippen molar-refractivity contribution in [2.75, 3.05) is 23.7 Å². The molecule has 0 aromatic heterocycles. The lowest BCUT2D eigenvalue weighted by molar-refractivity contribution is -0.139. The summed E-state index contributed by atoms with van der Waals surface area (Å²) in [4.78, 5) is 27.7. The molecule has 0 spiro atoms. The van der Waals surface area contributed by atoms with Gasteiger partial charge in [0.1, 0.15) is 12.6 Å². The second kappa shape index (κ2) is 11.8. The molecule has 2 aromatic rings. The zero-order chi connectivity index (χ0) is 24.6. The number of para-hydroxylation sites is 1. The van der Waals surface area contributed by atoms with Gasteiger partial charge in [0.15, 0.2) is 0 Å². The van der Waals surface area contributed by atoms with Crippen LogP contribution in [0.25, 0.3) is 0 Å². The van der Waals surface area contributed by atoms with E-state index in [0.29, 0.717) is 12.2 Å². The Balaban J connectivity index is 2.38. The van der Waals surface area contributed by atoms with E-state index in [1.165, 1.54) is 4.90 Å². The molecule has 180 valence electrons. The molecule has 0 heterocycles. The number of benzene rings is 2. The van der Waals surface area contributed by atoms with Gasteiger partial charge in [-0.15, -0.1) is 0 Å². The van der Waals surface area contributed by atoms with Gasteiger partial charge in [-0.1, -0.05) is 61.9 Å². The lowest BCUT2D eigenvalue weighted by Gasteiger charge is -2.32. The van der Waals surface area contributed by atoms with Gasteiger partial charge < -0.3 is 10.2 Å². The number of amides is 2. The first-order valence-corrected chi connectivity index (χ1v) is 13.1. The standard InChI is InChI=1S/C25H35N3O4S/c1-6-7-16-26-25(30)21(4)27(17-22-14-9-8-10-15-22)23(29)18-28(33(5,31)32)24-19(2)12-11-13-20(24)3/h8-15,21H,6-7,16-18H2,1-5H3,(H,26,30). The Kier molecular flexibility index (Phi) is 9.46. The fraction of sp³-hybridized carbons (Fsp3) is 0.440. The molecular formula is C25H35N3O4S. The molecule has 1 N–H and O–H groups in total.